The minimum atomic E-state index is -0.852. The third kappa shape index (κ3) is 3.46. The second-order valence-electron chi connectivity index (χ2n) is 4.14. The van der Waals surface area contributed by atoms with Gasteiger partial charge in [-0.05, 0) is 67.1 Å². The topological polar surface area (TPSA) is 55.1 Å². The van der Waals surface area contributed by atoms with Crippen LogP contribution in [0.15, 0.2) is 18.2 Å². The molecule has 0 atom stereocenters. The number of carbonyl (C=O) groups is 1. The lowest BCUT2D eigenvalue weighted by Gasteiger charge is -2.18. The van der Waals surface area contributed by atoms with Gasteiger partial charge in [-0.1, -0.05) is 0 Å². The zero-order valence-corrected chi connectivity index (χ0v) is 11.3. The summed E-state index contributed by atoms with van der Waals surface area (Å²) in [7, 11) is 0. The summed E-state index contributed by atoms with van der Waals surface area (Å²) in [6.07, 6.45) is 0. The van der Waals surface area contributed by atoms with Crippen LogP contribution in [0.2, 0.25) is 0 Å². The lowest BCUT2D eigenvalue weighted by atomic mass is 10.1. The first-order valence-corrected chi connectivity index (χ1v) is 5.75. The van der Waals surface area contributed by atoms with E-state index in [0.29, 0.717) is 0 Å². The molecule has 82 valence electrons. The molecule has 0 aliphatic carbocycles. The summed E-state index contributed by atoms with van der Waals surface area (Å²) < 4.78 is 1.15. The third-order valence-electron chi connectivity index (χ3n) is 2.02. The van der Waals surface area contributed by atoms with Gasteiger partial charge in [0, 0.05) is 9.26 Å². The highest BCUT2D eigenvalue weighted by molar-refractivity contribution is 14.1. The maximum absolute atomic E-state index is 11.6. The van der Waals surface area contributed by atoms with E-state index in [0.717, 1.165) is 14.8 Å². The zero-order chi connectivity index (χ0) is 11.6. The lowest BCUT2D eigenvalue weighted by molar-refractivity contribution is -0.120. The van der Waals surface area contributed by atoms with Crippen molar-refractivity contribution in [3.63, 3.8) is 0 Å². The molecule has 0 saturated heterocycles. The Morgan fingerprint density at radius 3 is 2.53 bits per heavy atom. The molecule has 0 unspecified atom stereocenters. The van der Waals surface area contributed by atoms with Gasteiger partial charge >= 0.3 is 0 Å². The molecule has 0 spiro atoms. The summed E-state index contributed by atoms with van der Waals surface area (Å²) in [5.41, 5.74) is 6.70. The molecule has 0 aliphatic heterocycles. The van der Waals surface area contributed by atoms with Crippen molar-refractivity contribution in [2.45, 2.75) is 26.3 Å². The van der Waals surface area contributed by atoms with Crippen molar-refractivity contribution in [3.05, 3.63) is 27.3 Å². The van der Waals surface area contributed by atoms with E-state index in [2.05, 4.69) is 27.9 Å². The fourth-order valence-electron chi connectivity index (χ4n) is 1.05. The van der Waals surface area contributed by atoms with Crippen molar-refractivity contribution in [1.82, 2.24) is 0 Å². The van der Waals surface area contributed by atoms with E-state index in [9.17, 15) is 4.79 Å². The Hall–Kier alpha value is -0.620. The van der Waals surface area contributed by atoms with Crippen LogP contribution in [-0.4, -0.2) is 11.4 Å². The molecule has 4 heteroatoms. The molecule has 0 heterocycles. The fraction of sp³-hybridized carbons (Fsp3) is 0.364. The quantitative estimate of drug-likeness (QED) is 0.822. The van der Waals surface area contributed by atoms with Crippen molar-refractivity contribution in [2.75, 3.05) is 5.32 Å². The molecular weight excluding hydrogens is 303 g/mol. The Kier molecular flexibility index (Phi) is 3.72. The van der Waals surface area contributed by atoms with Crippen LogP contribution in [0.25, 0.3) is 0 Å². The zero-order valence-electron chi connectivity index (χ0n) is 9.10. The van der Waals surface area contributed by atoms with Gasteiger partial charge in [-0.15, -0.1) is 0 Å². The van der Waals surface area contributed by atoms with Crippen LogP contribution < -0.4 is 11.1 Å². The van der Waals surface area contributed by atoms with Gasteiger partial charge in [-0.3, -0.25) is 4.79 Å². The highest BCUT2D eigenvalue weighted by Crippen LogP contribution is 2.18. The molecular formula is C11H15IN2O. The first-order chi connectivity index (χ1) is 6.80. The molecule has 15 heavy (non-hydrogen) atoms. The van der Waals surface area contributed by atoms with Crippen LogP contribution >= 0.6 is 22.6 Å². The smallest absolute Gasteiger partial charge is 0.243 e. The van der Waals surface area contributed by atoms with Gasteiger partial charge in [0.15, 0.2) is 0 Å². The molecule has 1 amide bonds. The Labute approximate surface area is 104 Å². The van der Waals surface area contributed by atoms with Crippen LogP contribution in [0.3, 0.4) is 0 Å². The Bertz CT molecular complexity index is 383. The molecule has 0 bridgehead atoms. The lowest BCUT2D eigenvalue weighted by Crippen LogP contribution is -2.45. The van der Waals surface area contributed by atoms with E-state index < -0.39 is 5.54 Å². The first-order valence-electron chi connectivity index (χ1n) is 4.67. The number of anilines is 1. The van der Waals surface area contributed by atoms with Gasteiger partial charge in [0.2, 0.25) is 5.91 Å². The van der Waals surface area contributed by atoms with Gasteiger partial charge < -0.3 is 11.1 Å². The number of rotatable bonds is 2. The molecule has 1 rings (SSSR count). The Morgan fingerprint density at radius 1 is 1.47 bits per heavy atom. The molecule has 3 nitrogen and oxygen atoms in total. The van der Waals surface area contributed by atoms with Crippen LogP contribution in [-0.2, 0) is 4.79 Å². The monoisotopic (exact) mass is 318 g/mol. The van der Waals surface area contributed by atoms with E-state index in [1.807, 2.05) is 25.1 Å². The van der Waals surface area contributed by atoms with Crippen LogP contribution in [0.1, 0.15) is 19.4 Å². The summed E-state index contributed by atoms with van der Waals surface area (Å²) in [6, 6.07) is 5.85. The number of amides is 1. The molecule has 0 saturated carbocycles. The summed E-state index contributed by atoms with van der Waals surface area (Å²) in [5, 5.41) is 2.81. The molecule has 0 fully saturated rings. The van der Waals surface area contributed by atoms with E-state index >= 15 is 0 Å². The third-order valence-corrected chi connectivity index (χ3v) is 2.69. The minimum Gasteiger partial charge on any atom is -0.324 e. The number of benzene rings is 1. The Balaban J connectivity index is 2.87. The highest BCUT2D eigenvalue weighted by atomic mass is 127. The predicted molar refractivity (Wildman–Crippen MR) is 70.8 cm³/mol. The highest BCUT2D eigenvalue weighted by Gasteiger charge is 2.22. The molecule has 3 N–H and O–H groups in total. The van der Waals surface area contributed by atoms with Crippen LogP contribution in [0, 0.1) is 10.5 Å². The van der Waals surface area contributed by atoms with Gasteiger partial charge in [0.25, 0.3) is 0 Å². The van der Waals surface area contributed by atoms with Gasteiger partial charge in [-0.25, -0.2) is 0 Å². The van der Waals surface area contributed by atoms with Crippen molar-refractivity contribution >= 4 is 34.2 Å². The SMILES string of the molecule is Cc1cc(I)ccc1NC(=O)C(C)(C)N. The summed E-state index contributed by atoms with van der Waals surface area (Å²) >= 11 is 2.23. The van der Waals surface area contributed by atoms with Gasteiger partial charge in [-0.2, -0.15) is 0 Å². The van der Waals surface area contributed by atoms with Crippen molar-refractivity contribution in [3.8, 4) is 0 Å². The second-order valence-corrected chi connectivity index (χ2v) is 5.38. The maximum Gasteiger partial charge on any atom is 0.243 e. The van der Waals surface area contributed by atoms with Crippen molar-refractivity contribution in [1.29, 1.82) is 0 Å². The second kappa shape index (κ2) is 4.49. The summed E-state index contributed by atoms with van der Waals surface area (Å²) in [6.45, 7) is 5.33. The van der Waals surface area contributed by atoms with E-state index in [1.54, 1.807) is 13.8 Å². The fourth-order valence-corrected chi connectivity index (χ4v) is 1.70. The van der Waals surface area contributed by atoms with Gasteiger partial charge in [0.1, 0.15) is 0 Å². The molecule has 0 aromatic heterocycles. The van der Waals surface area contributed by atoms with E-state index in [4.69, 9.17) is 5.73 Å². The minimum absolute atomic E-state index is 0.174. The average Bonchev–Trinajstić information content (AvgIpc) is 2.08. The summed E-state index contributed by atoms with van der Waals surface area (Å²) in [5.74, 6) is -0.174. The normalized spacial score (nSPS) is 11.3. The molecule has 1 aromatic carbocycles. The number of carbonyl (C=O) groups excluding carboxylic acids is 1. The van der Waals surface area contributed by atoms with Crippen LogP contribution in [0.4, 0.5) is 5.69 Å². The molecule has 0 radical (unpaired) electrons. The molecule has 1 aromatic rings. The van der Waals surface area contributed by atoms with Crippen LogP contribution in [0.5, 0.6) is 0 Å². The van der Waals surface area contributed by atoms with Crippen molar-refractivity contribution < 1.29 is 4.79 Å². The molecule has 0 aliphatic rings. The van der Waals surface area contributed by atoms with E-state index in [1.165, 1.54) is 0 Å². The Morgan fingerprint density at radius 2 is 2.07 bits per heavy atom. The number of nitrogens with one attached hydrogen (secondary N) is 1. The number of nitrogens with two attached hydrogens (primary N) is 1. The number of halogens is 1. The van der Waals surface area contributed by atoms with Gasteiger partial charge in [0.05, 0.1) is 5.54 Å². The first kappa shape index (κ1) is 12.4. The number of aryl methyl sites for hydroxylation is 1. The standard InChI is InChI=1S/C11H15IN2O/c1-7-6-8(12)4-5-9(7)14-10(15)11(2,3)13/h4-6H,13H2,1-3H3,(H,14,15). The number of hydrogen-bond donors (Lipinski definition) is 2. The largest absolute Gasteiger partial charge is 0.324 e. The maximum atomic E-state index is 11.6. The number of hydrogen-bond acceptors (Lipinski definition) is 2. The summed E-state index contributed by atoms with van der Waals surface area (Å²) in [4.78, 5) is 11.6. The average molecular weight is 318 g/mol. The van der Waals surface area contributed by atoms with Crippen molar-refractivity contribution in [2.24, 2.45) is 5.73 Å². The predicted octanol–water partition coefficient (Wildman–Crippen LogP) is 2.28. The van der Waals surface area contributed by atoms with E-state index in [-0.39, 0.29) is 5.91 Å².